The smallest absolute Gasteiger partial charge is 0.185 e. The number of ether oxygens (including phenoxy) is 1. The van der Waals surface area contributed by atoms with Gasteiger partial charge in [-0.2, -0.15) is 0 Å². The molecule has 0 unspecified atom stereocenters. The number of hydrogen-bond acceptors (Lipinski definition) is 5. The average Bonchev–Trinajstić information content (AvgIpc) is 2.73. The third kappa shape index (κ3) is 3.30. The van der Waals surface area contributed by atoms with Crippen molar-refractivity contribution in [2.24, 2.45) is 0 Å². The van der Waals surface area contributed by atoms with Crippen LogP contribution in [0.15, 0.2) is 0 Å². The topological polar surface area (TPSA) is 45.6 Å². The maximum absolute atomic E-state index is 9.68. The van der Waals surface area contributed by atoms with Crippen molar-refractivity contribution in [3.05, 3.63) is 14.5 Å². The van der Waals surface area contributed by atoms with E-state index in [4.69, 9.17) is 27.9 Å². The summed E-state index contributed by atoms with van der Waals surface area (Å²) in [5.74, 6) is 0. The number of likely N-dealkylation sites (tertiary alicyclic amines) is 1. The molecule has 0 aromatic carbocycles. The van der Waals surface area contributed by atoms with E-state index in [1.165, 1.54) is 11.3 Å². The molecule has 2 rings (SSSR count). The molecule has 0 amide bonds. The molecule has 0 bridgehead atoms. The van der Waals surface area contributed by atoms with Gasteiger partial charge in [0, 0.05) is 26.2 Å². The predicted octanol–water partition coefficient (Wildman–Crippen LogP) is 2.03. The molecule has 17 heavy (non-hydrogen) atoms. The molecule has 1 N–H and O–H groups in total. The molecule has 0 radical (unpaired) electrons. The predicted molar refractivity (Wildman–Crippen MR) is 68.8 cm³/mol. The van der Waals surface area contributed by atoms with E-state index in [9.17, 15) is 5.11 Å². The number of hydrogen-bond donors (Lipinski definition) is 1. The highest BCUT2D eigenvalue weighted by molar-refractivity contribution is 7.16. The fourth-order valence-corrected chi connectivity index (χ4v) is 3.52. The molecular weight excluding hydrogens is 283 g/mol. The first-order chi connectivity index (χ1) is 8.10. The molecule has 2 atom stereocenters. The van der Waals surface area contributed by atoms with Gasteiger partial charge in [-0.1, -0.05) is 23.2 Å². The number of aliphatic hydroxyl groups excluding tert-OH is 1. The minimum atomic E-state index is -0.294. The van der Waals surface area contributed by atoms with Crippen LogP contribution in [0.2, 0.25) is 9.62 Å². The maximum atomic E-state index is 9.68. The second kappa shape index (κ2) is 5.82. The lowest BCUT2D eigenvalue weighted by Gasteiger charge is -2.22. The van der Waals surface area contributed by atoms with E-state index in [1.807, 2.05) is 0 Å². The number of thiazole rings is 1. The summed E-state index contributed by atoms with van der Waals surface area (Å²) in [7, 11) is 1.67. The van der Waals surface area contributed by atoms with Gasteiger partial charge in [0.15, 0.2) is 4.47 Å². The second-order valence-electron chi connectivity index (χ2n) is 4.11. The average molecular weight is 297 g/mol. The summed E-state index contributed by atoms with van der Waals surface area (Å²) in [6.07, 6.45) is 0.440. The molecule has 7 heteroatoms. The lowest BCUT2D eigenvalue weighted by atomic mass is 10.2. The van der Waals surface area contributed by atoms with Crippen LogP contribution in [0.4, 0.5) is 0 Å². The minimum absolute atomic E-state index is 0.229. The lowest BCUT2D eigenvalue weighted by Crippen LogP contribution is -2.32. The Labute approximate surface area is 114 Å². The third-order valence-corrected chi connectivity index (χ3v) is 4.40. The number of halogens is 2. The molecule has 0 spiro atoms. The van der Waals surface area contributed by atoms with Crippen molar-refractivity contribution >= 4 is 34.5 Å². The monoisotopic (exact) mass is 296 g/mol. The first kappa shape index (κ1) is 13.5. The van der Waals surface area contributed by atoms with Crippen LogP contribution in [0.25, 0.3) is 0 Å². The fourth-order valence-electron chi connectivity index (χ4n) is 2.11. The summed E-state index contributed by atoms with van der Waals surface area (Å²) in [4.78, 5) is 7.07. The molecule has 2 heterocycles. The van der Waals surface area contributed by atoms with Gasteiger partial charge in [-0.15, -0.1) is 11.3 Å². The normalized spacial score (nSPS) is 25.6. The van der Waals surface area contributed by atoms with Gasteiger partial charge >= 0.3 is 0 Å². The molecule has 1 aromatic heterocycles. The lowest BCUT2D eigenvalue weighted by molar-refractivity contribution is 0.112. The number of aromatic nitrogens is 1. The molecule has 96 valence electrons. The number of rotatable bonds is 4. The van der Waals surface area contributed by atoms with Gasteiger partial charge in [0.1, 0.15) is 5.15 Å². The molecule has 1 aliphatic rings. The van der Waals surface area contributed by atoms with Crippen molar-refractivity contribution in [3.63, 3.8) is 0 Å². The first-order valence-corrected chi connectivity index (χ1v) is 6.89. The van der Waals surface area contributed by atoms with Crippen LogP contribution in [0.5, 0.6) is 0 Å². The Morgan fingerprint density at radius 2 is 2.35 bits per heavy atom. The highest BCUT2D eigenvalue weighted by Crippen LogP contribution is 2.30. The molecule has 0 saturated carbocycles. The molecule has 0 aliphatic carbocycles. The Kier molecular flexibility index (Phi) is 4.63. The van der Waals surface area contributed by atoms with E-state index in [1.54, 1.807) is 7.11 Å². The summed E-state index contributed by atoms with van der Waals surface area (Å²) in [5, 5.41) is 10.1. The van der Waals surface area contributed by atoms with Gasteiger partial charge in [0.2, 0.25) is 0 Å². The van der Waals surface area contributed by atoms with Crippen LogP contribution in [0.3, 0.4) is 0 Å². The van der Waals surface area contributed by atoms with Crippen molar-refractivity contribution in [1.82, 2.24) is 9.88 Å². The minimum Gasteiger partial charge on any atom is -0.392 e. The Morgan fingerprint density at radius 3 is 2.94 bits per heavy atom. The van der Waals surface area contributed by atoms with Crippen molar-refractivity contribution in [2.45, 2.75) is 25.1 Å². The van der Waals surface area contributed by atoms with Crippen molar-refractivity contribution in [3.8, 4) is 0 Å². The van der Waals surface area contributed by atoms with Crippen molar-refractivity contribution < 1.29 is 9.84 Å². The zero-order valence-electron chi connectivity index (χ0n) is 9.40. The largest absolute Gasteiger partial charge is 0.392 e. The van der Waals surface area contributed by atoms with Crippen LogP contribution < -0.4 is 0 Å². The van der Waals surface area contributed by atoms with Crippen LogP contribution in [0, 0.1) is 0 Å². The van der Waals surface area contributed by atoms with E-state index in [0.717, 1.165) is 11.3 Å². The van der Waals surface area contributed by atoms with E-state index < -0.39 is 0 Å². The summed E-state index contributed by atoms with van der Waals surface area (Å²) in [6, 6.07) is 0.229. The van der Waals surface area contributed by atoms with Gasteiger partial charge in [-0.3, -0.25) is 4.90 Å². The molecular formula is C10H14Cl2N2O2S. The van der Waals surface area contributed by atoms with Crippen LogP contribution in [0.1, 0.15) is 11.3 Å². The number of aliphatic hydroxyl groups is 1. The van der Waals surface area contributed by atoms with Gasteiger partial charge in [0.05, 0.1) is 17.6 Å². The van der Waals surface area contributed by atoms with Gasteiger partial charge in [0.25, 0.3) is 0 Å². The molecule has 1 fully saturated rings. The first-order valence-electron chi connectivity index (χ1n) is 5.32. The summed E-state index contributed by atoms with van der Waals surface area (Å²) >= 11 is 13.2. The summed E-state index contributed by atoms with van der Waals surface area (Å²) < 4.78 is 5.61. The standard InChI is InChI=1S/C10H14Cl2N2O2S/c1-16-5-6-2-7(15)3-14(6)4-8-9(11)13-10(12)17-8/h6-7,15H,2-5H2,1H3/t6-,7-/m1/s1. The van der Waals surface area contributed by atoms with Crippen molar-refractivity contribution in [2.75, 3.05) is 20.3 Å². The van der Waals surface area contributed by atoms with Crippen molar-refractivity contribution in [1.29, 1.82) is 0 Å². The van der Waals surface area contributed by atoms with Crippen LogP contribution in [-0.4, -0.2) is 47.4 Å². The van der Waals surface area contributed by atoms with Gasteiger partial charge in [-0.05, 0) is 6.42 Å². The highest BCUT2D eigenvalue weighted by Gasteiger charge is 2.31. The Hall–Kier alpha value is 0.0900. The number of methoxy groups -OCH3 is 1. The Balaban J connectivity index is 2.04. The summed E-state index contributed by atoms with van der Waals surface area (Å²) in [5.41, 5.74) is 0. The zero-order valence-corrected chi connectivity index (χ0v) is 11.7. The third-order valence-electron chi connectivity index (χ3n) is 2.84. The quantitative estimate of drug-likeness (QED) is 0.923. The highest BCUT2D eigenvalue weighted by atomic mass is 35.5. The Morgan fingerprint density at radius 1 is 1.59 bits per heavy atom. The maximum Gasteiger partial charge on any atom is 0.185 e. The van der Waals surface area contributed by atoms with E-state index in [0.29, 0.717) is 29.3 Å². The second-order valence-corrected chi connectivity index (χ2v) is 6.13. The van der Waals surface area contributed by atoms with Crippen LogP contribution >= 0.6 is 34.5 Å². The van der Waals surface area contributed by atoms with E-state index in [-0.39, 0.29) is 12.1 Å². The summed E-state index contributed by atoms with van der Waals surface area (Å²) in [6.45, 7) is 1.91. The fraction of sp³-hybridized carbons (Fsp3) is 0.700. The van der Waals surface area contributed by atoms with Gasteiger partial charge in [-0.25, -0.2) is 4.98 Å². The van der Waals surface area contributed by atoms with E-state index >= 15 is 0 Å². The van der Waals surface area contributed by atoms with Crippen LogP contribution in [-0.2, 0) is 11.3 Å². The Bertz CT molecular complexity index is 388. The van der Waals surface area contributed by atoms with Gasteiger partial charge < -0.3 is 9.84 Å². The molecule has 4 nitrogen and oxygen atoms in total. The zero-order chi connectivity index (χ0) is 12.4. The van der Waals surface area contributed by atoms with E-state index in [2.05, 4.69) is 9.88 Å². The number of nitrogens with zero attached hydrogens (tertiary/aromatic N) is 2. The SMILES string of the molecule is COC[C@H]1C[C@@H](O)CN1Cc1sc(Cl)nc1Cl. The molecule has 1 aromatic rings. The molecule has 1 aliphatic heterocycles. The molecule has 1 saturated heterocycles. The number of β-amino-alcohol motifs (C(OH)–C–C–N with tert-alkyl or cyclic N) is 1.